The fourth-order valence-electron chi connectivity index (χ4n) is 5.16. The molecule has 0 bridgehead atoms. The topological polar surface area (TPSA) is 148 Å². The van der Waals surface area contributed by atoms with E-state index in [9.17, 15) is 22.8 Å². The SMILES string of the molecule is CN[C@H](C(=O)N[C@H](C(=O)N(C)[C@H](C=C(C)C(=O)NS(=O)(=O)c1cccc(C#N)c1)C(C)C)C(C)(C)C)C(C)(C)c1ccccc1. The van der Waals surface area contributed by atoms with E-state index in [1.807, 2.05) is 89.6 Å². The Morgan fingerprint density at radius 1 is 0.956 bits per heavy atom. The molecule has 2 rings (SSSR count). The summed E-state index contributed by atoms with van der Waals surface area (Å²) in [5.41, 5.74) is -0.0671. The predicted octanol–water partition coefficient (Wildman–Crippen LogP) is 3.89. The number of amides is 3. The molecule has 0 fully saturated rings. The summed E-state index contributed by atoms with van der Waals surface area (Å²) in [5, 5.41) is 15.2. The summed E-state index contributed by atoms with van der Waals surface area (Å²) in [5.74, 6) is -1.70. The molecule has 3 amide bonds. The Morgan fingerprint density at radius 2 is 1.56 bits per heavy atom. The maximum atomic E-state index is 14.1. The Morgan fingerprint density at radius 3 is 2.07 bits per heavy atom. The lowest BCUT2D eigenvalue weighted by Crippen LogP contribution is -2.61. The van der Waals surface area contributed by atoms with Gasteiger partial charge in [-0.2, -0.15) is 5.26 Å². The Kier molecular flexibility index (Phi) is 12.3. The minimum absolute atomic E-state index is 0.0876. The summed E-state index contributed by atoms with van der Waals surface area (Å²) < 4.78 is 27.7. The number of rotatable bonds is 12. The molecule has 0 radical (unpaired) electrons. The summed E-state index contributed by atoms with van der Waals surface area (Å²) in [6.07, 6.45) is 1.55. The second kappa shape index (κ2) is 14.8. The molecule has 2 aromatic rings. The smallest absolute Gasteiger partial charge is 0.264 e. The number of benzene rings is 2. The van der Waals surface area contributed by atoms with Gasteiger partial charge < -0.3 is 15.5 Å². The van der Waals surface area contributed by atoms with Crippen molar-refractivity contribution in [2.24, 2.45) is 11.3 Å². The van der Waals surface area contributed by atoms with Crippen molar-refractivity contribution in [1.82, 2.24) is 20.3 Å². The summed E-state index contributed by atoms with van der Waals surface area (Å²) in [6, 6.07) is 14.7. The molecule has 0 unspecified atom stereocenters. The van der Waals surface area contributed by atoms with Crippen LogP contribution in [0.3, 0.4) is 0 Å². The number of nitriles is 1. The largest absolute Gasteiger partial charge is 0.342 e. The lowest BCUT2D eigenvalue weighted by atomic mass is 9.76. The van der Waals surface area contributed by atoms with Crippen LogP contribution in [0.15, 0.2) is 71.1 Å². The molecule has 0 saturated carbocycles. The van der Waals surface area contributed by atoms with E-state index in [2.05, 4.69) is 10.6 Å². The minimum atomic E-state index is -4.24. The molecule has 0 aliphatic carbocycles. The van der Waals surface area contributed by atoms with Crippen LogP contribution in [0.1, 0.15) is 66.5 Å². The van der Waals surface area contributed by atoms with Gasteiger partial charge in [0, 0.05) is 18.0 Å². The van der Waals surface area contributed by atoms with E-state index >= 15 is 0 Å². The van der Waals surface area contributed by atoms with Gasteiger partial charge in [0.1, 0.15) is 6.04 Å². The number of hydrogen-bond acceptors (Lipinski definition) is 7. The van der Waals surface area contributed by atoms with Crippen LogP contribution in [0.4, 0.5) is 0 Å². The summed E-state index contributed by atoms with van der Waals surface area (Å²) in [6.45, 7) is 14.8. The van der Waals surface area contributed by atoms with Crippen molar-refractivity contribution in [3.63, 3.8) is 0 Å². The summed E-state index contributed by atoms with van der Waals surface area (Å²) in [7, 11) is -0.929. The van der Waals surface area contributed by atoms with Gasteiger partial charge in [-0.05, 0) is 49.1 Å². The molecule has 0 aromatic heterocycles. The molecule has 0 heterocycles. The Labute approximate surface area is 268 Å². The van der Waals surface area contributed by atoms with Crippen LogP contribution in [-0.2, 0) is 29.8 Å². The van der Waals surface area contributed by atoms with Crippen molar-refractivity contribution in [3.8, 4) is 6.07 Å². The average molecular weight is 638 g/mol. The van der Waals surface area contributed by atoms with Crippen molar-refractivity contribution in [3.05, 3.63) is 77.4 Å². The fraction of sp³-hybridized carbons (Fsp3) is 0.471. The average Bonchev–Trinajstić information content (AvgIpc) is 2.97. The highest BCUT2D eigenvalue weighted by atomic mass is 32.2. The van der Waals surface area contributed by atoms with E-state index in [1.54, 1.807) is 20.2 Å². The molecule has 244 valence electrons. The van der Waals surface area contributed by atoms with Gasteiger partial charge in [0.25, 0.3) is 15.9 Å². The lowest BCUT2D eigenvalue weighted by Gasteiger charge is -2.40. The number of nitrogens with zero attached hydrogens (tertiary/aromatic N) is 2. The molecule has 3 atom stereocenters. The van der Waals surface area contributed by atoms with Gasteiger partial charge in [0.05, 0.1) is 28.6 Å². The van der Waals surface area contributed by atoms with Gasteiger partial charge in [-0.25, -0.2) is 13.1 Å². The van der Waals surface area contributed by atoms with Crippen molar-refractivity contribution in [2.75, 3.05) is 14.1 Å². The van der Waals surface area contributed by atoms with Crippen molar-refractivity contribution in [1.29, 1.82) is 5.26 Å². The fourth-order valence-corrected chi connectivity index (χ4v) is 6.22. The first kappa shape index (κ1) is 37.2. The standard InChI is InChI=1S/C34H47N5O5S/c1-22(2)27(19-23(3)30(40)38-45(43,44)26-18-14-15-24(20-26)21-35)39(10)32(42)29(33(4,5)6)37-31(41)28(36-9)34(7,8)25-16-12-11-13-17-25/h11-20,22,27-29,36H,1-10H3,(H,37,41)(H,38,40)/t27-,28-,29-/m1/s1. The molecule has 0 aliphatic rings. The Hall–Kier alpha value is -4.01. The zero-order chi connectivity index (χ0) is 34.3. The zero-order valence-electron chi connectivity index (χ0n) is 27.9. The van der Waals surface area contributed by atoms with E-state index in [0.717, 1.165) is 5.56 Å². The van der Waals surface area contributed by atoms with Crippen LogP contribution in [0.25, 0.3) is 0 Å². The Balaban J connectivity index is 2.34. The third kappa shape index (κ3) is 9.25. The van der Waals surface area contributed by atoms with Crippen LogP contribution in [-0.4, -0.2) is 63.3 Å². The van der Waals surface area contributed by atoms with Crippen LogP contribution in [0.2, 0.25) is 0 Å². The molecular formula is C34H47N5O5S. The van der Waals surface area contributed by atoms with Crippen molar-refractivity contribution in [2.45, 2.75) is 83.8 Å². The van der Waals surface area contributed by atoms with E-state index in [-0.39, 0.29) is 33.8 Å². The highest BCUT2D eigenvalue weighted by Gasteiger charge is 2.41. The zero-order valence-corrected chi connectivity index (χ0v) is 28.7. The highest BCUT2D eigenvalue weighted by Crippen LogP contribution is 2.29. The maximum absolute atomic E-state index is 14.1. The van der Waals surface area contributed by atoms with E-state index < -0.39 is 44.9 Å². The number of sulfonamides is 1. The molecule has 45 heavy (non-hydrogen) atoms. The first-order chi connectivity index (χ1) is 20.8. The first-order valence-electron chi connectivity index (χ1n) is 14.8. The van der Waals surface area contributed by atoms with Gasteiger partial charge in [0.15, 0.2) is 0 Å². The highest BCUT2D eigenvalue weighted by molar-refractivity contribution is 7.90. The first-order valence-corrected chi connectivity index (χ1v) is 16.3. The Bertz CT molecular complexity index is 1550. The van der Waals surface area contributed by atoms with Crippen molar-refractivity contribution >= 4 is 27.7 Å². The number of nitrogens with one attached hydrogen (secondary N) is 3. The van der Waals surface area contributed by atoms with Crippen LogP contribution < -0.4 is 15.4 Å². The van der Waals surface area contributed by atoms with Crippen LogP contribution in [0.5, 0.6) is 0 Å². The second-order valence-electron chi connectivity index (χ2n) is 13.2. The van der Waals surface area contributed by atoms with E-state index in [4.69, 9.17) is 5.26 Å². The van der Waals surface area contributed by atoms with Gasteiger partial charge >= 0.3 is 0 Å². The molecule has 0 aliphatic heterocycles. The molecule has 2 aromatic carbocycles. The van der Waals surface area contributed by atoms with Gasteiger partial charge in [-0.15, -0.1) is 0 Å². The van der Waals surface area contributed by atoms with E-state index in [1.165, 1.54) is 36.1 Å². The lowest BCUT2D eigenvalue weighted by molar-refractivity contribution is -0.140. The van der Waals surface area contributed by atoms with Crippen LogP contribution in [0, 0.1) is 22.7 Å². The molecule has 11 heteroatoms. The quantitative estimate of drug-likeness (QED) is 0.299. The minimum Gasteiger partial charge on any atom is -0.342 e. The molecular weight excluding hydrogens is 590 g/mol. The molecule has 3 N–H and O–H groups in total. The third-order valence-electron chi connectivity index (χ3n) is 7.95. The third-order valence-corrected chi connectivity index (χ3v) is 9.28. The van der Waals surface area contributed by atoms with Gasteiger partial charge in [0.2, 0.25) is 11.8 Å². The molecule has 10 nitrogen and oxygen atoms in total. The number of carbonyl (C=O) groups excluding carboxylic acids is 3. The normalized spacial score (nSPS) is 14.6. The summed E-state index contributed by atoms with van der Waals surface area (Å²) in [4.78, 5) is 42.1. The van der Waals surface area contributed by atoms with Gasteiger partial charge in [-0.1, -0.05) is 90.9 Å². The van der Waals surface area contributed by atoms with E-state index in [0.29, 0.717) is 0 Å². The van der Waals surface area contributed by atoms with Crippen LogP contribution >= 0.6 is 0 Å². The predicted molar refractivity (Wildman–Crippen MR) is 175 cm³/mol. The maximum Gasteiger partial charge on any atom is 0.264 e. The number of likely N-dealkylation sites (N-methyl/N-ethyl adjacent to an activating group) is 2. The number of carbonyl (C=O) groups is 3. The van der Waals surface area contributed by atoms with Crippen molar-refractivity contribution < 1.29 is 22.8 Å². The second-order valence-corrected chi connectivity index (χ2v) is 14.9. The monoisotopic (exact) mass is 637 g/mol. The summed E-state index contributed by atoms with van der Waals surface area (Å²) >= 11 is 0. The molecule has 0 spiro atoms. The van der Waals surface area contributed by atoms with Gasteiger partial charge in [-0.3, -0.25) is 14.4 Å². The number of hydrogen-bond donors (Lipinski definition) is 3. The molecule has 0 saturated heterocycles.